The highest BCUT2D eigenvalue weighted by Gasteiger charge is 2.60. The third-order valence-corrected chi connectivity index (χ3v) is 3.75. The Morgan fingerprint density at radius 1 is 1.38 bits per heavy atom. The molecule has 2 nitrogen and oxygen atoms in total. The topological polar surface area (TPSA) is 25.1 Å². The maximum atomic E-state index is 5.63. The average Bonchev–Trinajstić information content (AvgIpc) is 3.03. The maximum absolute atomic E-state index is 5.63. The molecule has 0 aromatic rings. The average molecular weight is 180 g/mol. The normalized spacial score (nSPS) is 53.4. The molecule has 2 saturated heterocycles. The van der Waals surface area contributed by atoms with E-state index in [4.69, 9.17) is 9.47 Å². The van der Waals surface area contributed by atoms with Crippen LogP contribution in [0.25, 0.3) is 0 Å². The van der Waals surface area contributed by atoms with Crippen LogP contribution in [-0.2, 0) is 9.47 Å². The van der Waals surface area contributed by atoms with Crippen LogP contribution in [0.2, 0.25) is 0 Å². The smallest absolute Gasteiger partial charge is 0.102 e. The molecule has 2 heteroatoms. The molecule has 3 aliphatic rings. The molecular formula is C11H16O2. The number of hydrogen-bond donors (Lipinski definition) is 0. The lowest BCUT2D eigenvalue weighted by Crippen LogP contribution is -2.33. The first-order chi connectivity index (χ1) is 6.36. The predicted molar refractivity (Wildman–Crippen MR) is 49.5 cm³/mol. The lowest BCUT2D eigenvalue weighted by atomic mass is 9.77. The summed E-state index contributed by atoms with van der Waals surface area (Å²) in [6.07, 6.45) is 7.90. The van der Waals surface area contributed by atoms with Gasteiger partial charge in [-0.25, -0.2) is 0 Å². The van der Waals surface area contributed by atoms with Crippen LogP contribution >= 0.6 is 0 Å². The molecule has 0 aromatic carbocycles. The Balaban J connectivity index is 1.71. The molecule has 0 aromatic heterocycles. The van der Waals surface area contributed by atoms with Gasteiger partial charge >= 0.3 is 0 Å². The van der Waals surface area contributed by atoms with Crippen molar-refractivity contribution in [3.05, 3.63) is 12.7 Å². The number of ether oxygens (including phenoxy) is 2. The first-order valence-corrected chi connectivity index (χ1v) is 5.28. The van der Waals surface area contributed by atoms with E-state index in [9.17, 15) is 0 Å². The predicted octanol–water partition coefficient (Wildman–Crippen LogP) is 1.90. The van der Waals surface area contributed by atoms with Gasteiger partial charge in [-0.2, -0.15) is 0 Å². The number of rotatable bonds is 2. The minimum atomic E-state index is 0.237. The van der Waals surface area contributed by atoms with Gasteiger partial charge < -0.3 is 9.47 Å². The zero-order valence-electron chi connectivity index (χ0n) is 7.87. The summed E-state index contributed by atoms with van der Waals surface area (Å²) in [5.41, 5.74) is 0.237. The van der Waals surface area contributed by atoms with E-state index in [0.29, 0.717) is 18.1 Å². The second-order valence-electron chi connectivity index (χ2n) is 4.51. The molecule has 0 N–H and O–H groups in total. The fourth-order valence-corrected chi connectivity index (χ4v) is 2.80. The Labute approximate surface area is 78.9 Å². The van der Waals surface area contributed by atoms with Crippen LogP contribution in [-0.4, -0.2) is 24.4 Å². The zero-order chi connectivity index (χ0) is 8.89. The Hall–Kier alpha value is -0.340. The Kier molecular flexibility index (Phi) is 1.59. The van der Waals surface area contributed by atoms with Gasteiger partial charge in [0, 0.05) is 5.92 Å². The molecule has 0 bridgehead atoms. The minimum absolute atomic E-state index is 0.237. The van der Waals surface area contributed by atoms with Crippen LogP contribution in [0.5, 0.6) is 0 Å². The van der Waals surface area contributed by atoms with Crippen molar-refractivity contribution in [3.63, 3.8) is 0 Å². The summed E-state index contributed by atoms with van der Waals surface area (Å²) in [7, 11) is 0. The van der Waals surface area contributed by atoms with E-state index in [-0.39, 0.29) is 5.60 Å². The Morgan fingerprint density at radius 2 is 2.23 bits per heavy atom. The van der Waals surface area contributed by atoms with Crippen molar-refractivity contribution >= 4 is 0 Å². The molecule has 0 radical (unpaired) electrons. The Morgan fingerprint density at radius 3 is 2.85 bits per heavy atom. The van der Waals surface area contributed by atoms with Crippen LogP contribution in [0.3, 0.4) is 0 Å². The molecule has 1 saturated carbocycles. The van der Waals surface area contributed by atoms with Gasteiger partial charge in [0.15, 0.2) is 0 Å². The first kappa shape index (κ1) is 8.01. The Bertz CT molecular complexity index is 232. The summed E-state index contributed by atoms with van der Waals surface area (Å²) in [5, 5.41) is 0. The van der Waals surface area contributed by atoms with Crippen molar-refractivity contribution in [2.75, 3.05) is 6.61 Å². The first-order valence-electron chi connectivity index (χ1n) is 5.28. The molecular weight excluding hydrogens is 164 g/mol. The molecule has 3 rings (SSSR count). The fourth-order valence-electron chi connectivity index (χ4n) is 2.80. The largest absolute Gasteiger partial charge is 0.369 e. The zero-order valence-corrected chi connectivity index (χ0v) is 7.87. The van der Waals surface area contributed by atoms with Gasteiger partial charge in [0.2, 0.25) is 0 Å². The summed E-state index contributed by atoms with van der Waals surface area (Å²) in [6.45, 7) is 4.74. The number of epoxide rings is 2. The lowest BCUT2D eigenvalue weighted by molar-refractivity contribution is 0.130. The van der Waals surface area contributed by atoms with Crippen molar-refractivity contribution in [1.82, 2.24) is 0 Å². The highest BCUT2D eigenvalue weighted by atomic mass is 16.6. The van der Waals surface area contributed by atoms with Gasteiger partial charge in [-0.3, -0.25) is 0 Å². The summed E-state index contributed by atoms with van der Waals surface area (Å²) >= 11 is 0. The quantitative estimate of drug-likeness (QED) is 0.479. The van der Waals surface area contributed by atoms with Crippen molar-refractivity contribution in [2.24, 2.45) is 5.92 Å². The summed E-state index contributed by atoms with van der Waals surface area (Å²) in [4.78, 5) is 0. The second kappa shape index (κ2) is 2.58. The van der Waals surface area contributed by atoms with Crippen LogP contribution in [0.4, 0.5) is 0 Å². The second-order valence-corrected chi connectivity index (χ2v) is 4.51. The number of hydrogen-bond acceptors (Lipinski definition) is 2. The molecule has 2 aliphatic heterocycles. The minimum Gasteiger partial charge on any atom is -0.369 e. The van der Waals surface area contributed by atoms with E-state index in [2.05, 4.69) is 6.58 Å². The SMILES string of the molecule is C=C[C@H]1O[C@@H]1[C@H]1CCCC[C@]12CO2. The third-order valence-electron chi connectivity index (χ3n) is 3.75. The molecule has 3 fully saturated rings. The van der Waals surface area contributed by atoms with Gasteiger partial charge in [0.05, 0.1) is 18.3 Å². The van der Waals surface area contributed by atoms with E-state index in [1.165, 1.54) is 25.7 Å². The van der Waals surface area contributed by atoms with Crippen molar-refractivity contribution in [1.29, 1.82) is 0 Å². The van der Waals surface area contributed by atoms with Crippen LogP contribution in [0.15, 0.2) is 12.7 Å². The van der Waals surface area contributed by atoms with Crippen LogP contribution in [0, 0.1) is 5.92 Å². The van der Waals surface area contributed by atoms with E-state index >= 15 is 0 Å². The summed E-state index contributed by atoms with van der Waals surface area (Å²) in [5.74, 6) is 0.657. The highest BCUT2D eigenvalue weighted by Crippen LogP contribution is 2.52. The third kappa shape index (κ3) is 1.16. The van der Waals surface area contributed by atoms with Crippen LogP contribution < -0.4 is 0 Å². The van der Waals surface area contributed by atoms with Gasteiger partial charge in [-0.05, 0) is 12.8 Å². The van der Waals surface area contributed by atoms with Gasteiger partial charge in [-0.15, -0.1) is 6.58 Å². The van der Waals surface area contributed by atoms with Crippen molar-refractivity contribution < 1.29 is 9.47 Å². The standard InChI is InChI=1S/C11H16O2/c1-2-9-10(13-9)8-5-3-4-6-11(8)7-12-11/h2,8-10H,1,3-7H2/t8-,9-,10-,11+/m1/s1. The molecule has 4 atom stereocenters. The molecule has 0 unspecified atom stereocenters. The van der Waals surface area contributed by atoms with E-state index in [1.807, 2.05) is 6.08 Å². The molecule has 2 heterocycles. The van der Waals surface area contributed by atoms with Gasteiger partial charge in [-0.1, -0.05) is 18.9 Å². The molecule has 1 aliphatic carbocycles. The van der Waals surface area contributed by atoms with Gasteiger partial charge in [0.25, 0.3) is 0 Å². The summed E-state index contributed by atoms with van der Waals surface area (Å²) in [6, 6.07) is 0. The lowest BCUT2D eigenvalue weighted by Gasteiger charge is -2.27. The molecule has 1 spiro atoms. The maximum Gasteiger partial charge on any atom is 0.102 e. The van der Waals surface area contributed by atoms with E-state index < -0.39 is 0 Å². The fraction of sp³-hybridized carbons (Fsp3) is 0.818. The van der Waals surface area contributed by atoms with E-state index in [0.717, 1.165) is 6.61 Å². The van der Waals surface area contributed by atoms with Crippen LogP contribution in [0.1, 0.15) is 25.7 Å². The highest BCUT2D eigenvalue weighted by molar-refractivity contribution is 5.11. The molecule has 0 amide bonds. The van der Waals surface area contributed by atoms with E-state index in [1.54, 1.807) is 0 Å². The monoisotopic (exact) mass is 180 g/mol. The van der Waals surface area contributed by atoms with Gasteiger partial charge in [0.1, 0.15) is 6.10 Å². The van der Waals surface area contributed by atoms with Crippen molar-refractivity contribution in [2.45, 2.75) is 43.5 Å². The van der Waals surface area contributed by atoms with Crippen molar-refractivity contribution in [3.8, 4) is 0 Å². The molecule has 72 valence electrons. The summed E-state index contributed by atoms with van der Waals surface area (Å²) < 4.78 is 11.2. The molecule has 13 heavy (non-hydrogen) atoms.